The first-order chi connectivity index (χ1) is 17.8. The van der Waals surface area contributed by atoms with Gasteiger partial charge in [0.05, 0.1) is 36.4 Å². The third-order valence-corrected chi connectivity index (χ3v) is 6.43. The highest BCUT2D eigenvalue weighted by Crippen LogP contribution is 2.40. The number of ether oxygens (including phenoxy) is 2. The minimum atomic E-state index is -0.876. The van der Waals surface area contributed by atoms with Crippen molar-refractivity contribution in [3.05, 3.63) is 75.3 Å². The van der Waals surface area contributed by atoms with Gasteiger partial charge in [-0.05, 0) is 47.9 Å². The highest BCUT2D eigenvalue weighted by molar-refractivity contribution is 6.46. The maximum atomic E-state index is 13.2. The SMILES string of the molecule is CC(C)COc1ccc(/C(O)=C2/C(=O)C(=O)N(CCN3CCOCC3)C2c2ccc([N+](=O)[O-])cc2)cc1. The van der Waals surface area contributed by atoms with Crippen LogP contribution in [0.25, 0.3) is 5.76 Å². The fraction of sp³-hybridized carbons (Fsp3) is 0.407. The normalized spacial score (nSPS) is 20.0. The zero-order chi connectivity index (χ0) is 26.5. The number of aliphatic hydroxyl groups excluding tert-OH is 1. The molecule has 1 atom stereocenters. The number of nitro benzene ring substituents is 1. The van der Waals surface area contributed by atoms with E-state index in [1.165, 1.54) is 29.2 Å². The van der Waals surface area contributed by atoms with E-state index in [2.05, 4.69) is 4.90 Å². The molecule has 10 nitrogen and oxygen atoms in total. The third kappa shape index (κ3) is 5.98. The standard InChI is InChI=1S/C27H31N3O7/c1-18(2)17-37-22-9-5-20(6-10-22)25(31)23-24(19-3-7-21(8-4-19)30(34)35)29(27(33)26(23)32)12-11-28-13-15-36-16-14-28/h3-10,18,24,31H,11-17H2,1-2H3/b25-23-. The summed E-state index contributed by atoms with van der Waals surface area (Å²) in [6, 6.07) is 11.5. The molecule has 2 aliphatic rings. The fourth-order valence-corrected chi connectivity index (χ4v) is 4.44. The first kappa shape index (κ1) is 26.3. The second kappa shape index (κ2) is 11.5. The van der Waals surface area contributed by atoms with Gasteiger partial charge in [-0.2, -0.15) is 0 Å². The van der Waals surface area contributed by atoms with Crippen LogP contribution in [0.1, 0.15) is 31.0 Å². The Morgan fingerprint density at radius 3 is 2.32 bits per heavy atom. The number of likely N-dealkylation sites (tertiary alicyclic amines) is 1. The lowest BCUT2D eigenvalue weighted by Crippen LogP contribution is -2.42. The number of rotatable bonds is 9. The number of Topliss-reactive ketones (excluding diaryl/α,β-unsaturated/α-hetero) is 1. The molecule has 2 heterocycles. The van der Waals surface area contributed by atoms with Gasteiger partial charge in [-0.3, -0.25) is 24.6 Å². The van der Waals surface area contributed by atoms with Crippen LogP contribution in [-0.2, 0) is 14.3 Å². The average molecular weight is 510 g/mol. The summed E-state index contributed by atoms with van der Waals surface area (Å²) in [7, 11) is 0. The van der Waals surface area contributed by atoms with Crippen molar-refractivity contribution in [2.45, 2.75) is 19.9 Å². The van der Waals surface area contributed by atoms with Crippen LogP contribution in [0.4, 0.5) is 5.69 Å². The number of morpholine rings is 1. The summed E-state index contributed by atoms with van der Waals surface area (Å²) in [5.41, 5.74) is 0.725. The quantitative estimate of drug-likeness (QED) is 0.179. The number of carbonyl (C=O) groups excluding carboxylic acids is 2. The number of carbonyl (C=O) groups is 2. The van der Waals surface area contributed by atoms with Crippen molar-refractivity contribution in [3.63, 3.8) is 0 Å². The first-order valence-corrected chi connectivity index (χ1v) is 12.3. The van der Waals surface area contributed by atoms with E-state index in [9.17, 15) is 24.8 Å². The Morgan fingerprint density at radius 2 is 1.73 bits per heavy atom. The van der Waals surface area contributed by atoms with Crippen molar-refractivity contribution in [1.29, 1.82) is 0 Å². The Bertz CT molecular complexity index is 1170. The van der Waals surface area contributed by atoms with E-state index in [-0.39, 0.29) is 23.6 Å². The fourth-order valence-electron chi connectivity index (χ4n) is 4.44. The summed E-state index contributed by atoms with van der Waals surface area (Å²) in [6.45, 7) is 8.04. The lowest BCUT2D eigenvalue weighted by molar-refractivity contribution is -0.384. The van der Waals surface area contributed by atoms with Gasteiger partial charge in [0.15, 0.2) is 0 Å². The monoisotopic (exact) mass is 509 g/mol. The molecule has 2 aromatic rings. The van der Waals surface area contributed by atoms with Gasteiger partial charge < -0.3 is 19.5 Å². The molecular weight excluding hydrogens is 478 g/mol. The molecule has 1 amide bonds. The Kier molecular flexibility index (Phi) is 8.20. The molecule has 37 heavy (non-hydrogen) atoms. The minimum absolute atomic E-state index is 0.0447. The molecule has 4 rings (SSSR count). The molecule has 0 saturated carbocycles. The Morgan fingerprint density at radius 1 is 1.08 bits per heavy atom. The lowest BCUT2D eigenvalue weighted by Gasteiger charge is -2.31. The Balaban J connectivity index is 1.68. The molecule has 0 radical (unpaired) electrons. The summed E-state index contributed by atoms with van der Waals surface area (Å²) in [5, 5.41) is 22.4. The largest absolute Gasteiger partial charge is 0.507 e. The number of hydrogen-bond acceptors (Lipinski definition) is 8. The van der Waals surface area contributed by atoms with Crippen molar-refractivity contribution in [2.24, 2.45) is 5.92 Å². The van der Waals surface area contributed by atoms with Gasteiger partial charge in [0.2, 0.25) is 0 Å². The molecule has 10 heteroatoms. The summed E-state index contributed by atoms with van der Waals surface area (Å²) in [5.74, 6) is -0.824. The van der Waals surface area contributed by atoms with Crippen LogP contribution in [0.2, 0.25) is 0 Å². The summed E-state index contributed by atoms with van der Waals surface area (Å²) >= 11 is 0. The topological polar surface area (TPSA) is 122 Å². The van der Waals surface area contributed by atoms with Crippen molar-refractivity contribution in [3.8, 4) is 5.75 Å². The van der Waals surface area contributed by atoms with Crippen LogP contribution in [0, 0.1) is 16.0 Å². The van der Waals surface area contributed by atoms with Crippen molar-refractivity contribution in [1.82, 2.24) is 9.80 Å². The number of hydrogen-bond donors (Lipinski definition) is 1. The van der Waals surface area contributed by atoms with Gasteiger partial charge in [0.1, 0.15) is 11.5 Å². The van der Waals surface area contributed by atoms with Crippen LogP contribution in [0.5, 0.6) is 5.75 Å². The third-order valence-electron chi connectivity index (χ3n) is 6.43. The number of ketones is 1. The summed E-state index contributed by atoms with van der Waals surface area (Å²) < 4.78 is 11.1. The molecule has 0 aliphatic carbocycles. The van der Waals surface area contributed by atoms with Gasteiger partial charge in [-0.25, -0.2) is 0 Å². The highest BCUT2D eigenvalue weighted by Gasteiger charge is 2.46. The van der Waals surface area contributed by atoms with Gasteiger partial charge in [0, 0.05) is 43.9 Å². The molecule has 1 N–H and O–H groups in total. The van der Waals surface area contributed by atoms with E-state index in [1.54, 1.807) is 24.3 Å². The molecule has 0 bridgehead atoms. The van der Waals surface area contributed by atoms with Gasteiger partial charge in [-0.1, -0.05) is 13.8 Å². The zero-order valence-corrected chi connectivity index (χ0v) is 21.0. The average Bonchev–Trinajstić information content (AvgIpc) is 3.16. The second-order valence-corrected chi connectivity index (χ2v) is 9.52. The molecule has 196 valence electrons. The predicted molar refractivity (Wildman–Crippen MR) is 136 cm³/mol. The van der Waals surface area contributed by atoms with Crippen LogP contribution < -0.4 is 4.74 Å². The molecule has 0 aromatic heterocycles. The predicted octanol–water partition coefficient (Wildman–Crippen LogP) is 3.38. The highest BCUT2D eigenvalue weighted by atomic mass is 16.6. The van der Waals surface area contributed by atoms with E-state index in [0.29, 0.717) is 49.2 Å². The second-order valence-electron chi connectivity index (χ2n) is 9.52. The van der Waals surface area contributed by atoms with Crippen LogP contribution in [-0.4, -0.2) is 77.5 Å². The van der Waals surface area contributed by atoms with Crippen molar-refractivity contribution >= 4 is 23.1 Å². The van der Waals surface area contributed by atoms with Crippen molar-refractivity contribution in [2.75, 3.05) is 46.0 Å². The van der Waals surface area contributed by atoms with Crippen LogP contribution in [0.15, 0.2) is 54.1 Å². The van der Waals surface area contributed by atoms with E-state index < -0.39 is 22.7 Å². The van der Waals surface area contributed by atoms with E-state index in [1.807, 2.05) is 13.8 Å². The van der Waals surface area contributed by atoms with Crippen molar-refractivity contribution < 1.29 is 29.1 Å². The van der Waals surface area contributed by atoms with Gasteiger partial charge in [0.25, 0.3) is 17.4 Å². The zero-order valence-electron chi connectivity index (χ0n) is 21.0. The number of benzene rings is 2. The smallest absolute Gasteiger partial charge is 0.295 e. The number of non-ortho nitro benzene ring substituents is 1. The Hall–Kier alpha value is -3.76. The number of nitro groups is 1. The summed E-state index contributed by atoms with van der Waals surface area (Å²) in [4.78, 5) is 40.6. The number of amides is 1. The molecule has 2 aliphatic heterocycles. The maximum Gasteiger partial charge on any atom is 0.295 e. The molecule has 0 spiro atoms. The van der Waals surface area contributed by atoms with Crippen LogP contribution >= 0.6 is 0 Å². The van der Waals surface area contributed by atoms with E-state index in [0.717, 1.165) is 13.1 Å². The van der Waals surface area contributed by atoms with E-state index in [4.69, 9.17) is 9.47 Å². The molecule has 1 unspecified atom stereocenters. The molecular formula is C27H31N3O7. The minimum Gasteiger partial charge on any atom is -0.507 e. The summed E-state index contributed by atoms with van der Waals surface area (Å²) in [6.07, 6.45) is 0. The maximum absolute atomic E-state index is 13.2. The van der Waals surface area contributed by atoms with E-state index >= 15 is 0 Å². The number of aliphatic hydroxyl groups is 1. The first-order valence-electron chi connectivity index (χ1n) is 12.3. The lowest BCUT2D eigenvalue weighted by atomic mass is 9.95. The van der Waals surface area contributed by atoms with Crippen LogP contribution in [0.3, 0.4) is 0 Å². The van der Waals surface area contributed by atoms with Gasteiger partial charge in [-0.15, -0.1) is 0 Å². The van der Waals surface area contributed by atoms with Gasteiger partial charge >= 0.3 is 0 Å². The Labute approximate surface area is 215 Å². The molecule has 2 saturated heterocycles. The molecule has 2 fully saturated rings. The number of nitrogens with zero attached hydrogens (tertiary/aromatic N) is 3. The molecule has 2 aromatic carbocycles.